The molecular weight excluding hydrogens is 372 g/mol. The third-order valence-corrected chi connectivity index (χ3v) is 5.88. The molecule has 7 nitrogen and oxygen atoms in total. The Morgan fingerprint density at radius 1 is 1.42 bits per heavy atom. The third-order valence-electron chi connectivity index (χ3n) is 4.45. The van der Waals surface area contributed by atoms with Gasteiger partial charge in [0.1, 0.15) is 6.04 Å². The second kappa shape index (κ2) is 9.20. The fraction of sp³-hybridized carbons (Fsp3) is 0.529. The zero-order valence-corrected chi connectivity index (χ0v) is 16.2. The van der Waals surface area contributed by atoms with E-state index in [4.69, 9.17) is 4.74 Å². The van der Waals surface area contributed by atoms with Crippen molar-refractivity contribution in [3.8, 4) is 0 Å². The molecule has 2 amide bonds. The number of thiophene rings is 1. The van der Waals surface area contributed by atoms with Crippen molar-refractivity contribution in [2.75, 3.05) is 20.3 Å². The number of ether oxygens (including phenoxy) is 1. The summed E-state index contributed by atoms with van der Waals surface area (Å²) in [4.78, 5) is 28.5. The highest BCUT2D eigenvalue weighted by Gasteiger charge is 2.34. The zero-order valence-electron chi connectivity index (χ0n) is 14.6. The molecule has 0 bridgehead atoms. The van der Waals surface area contributed by atoms with Crippen molar-refractivity contribution in [1.29, 1.82) is 0 Å². The Kier molecular flexibility index (Phi) is 6.70. The van der Waals surface area contributed by atoms with Gasteiger partial charge in [-0.15, -0.1) is 16.4 Å². The van der Waals surface area contributed by atoms with Gasteiger partial charge in [0.2, 0.25) is 5.91 Å². The van der Waals surface area contributed by atoms with E-state index in [2.05, 4.69) is 14.9 Å². The average molecular weight is 395 g/mol. The van der Waals surface area contributed by atoms with Crippen LogP contribution in [0.4, 0.5) is 0 Å². The summed E-state index contributed by atoms with van der Waals surface area (Å²) in [6, 6.07) is 3.26. The van der Waals surface area contributed by atoms with Crippen molar-refractivity contribution in [3.05, 3.63) is 33.5 Å². The van der Waals surface area contributed by atoms with Gasteiger partial charge in [-0.2, -0.15) is 0 Å². The predicted molar refractivity (Wildman–Crippen MR) is 100 cm³/mol. The number of carbonyl (C=O) groups excluding carboxylic acids is 2. The summed E-state index contributed by atoms with van der Waals surface area (Å²) >= 11 is 2.58. The molecule has 0 aliphatic heterocycles. The number of carbonyl (C=O) groups is 2. The van der Waals surface area contributed by atoms with Crippen LogP contribution in [0.1, 0.15) is 47.1 Å². The van der Waals surface area contributed by atoms with E-state index in [-0.39, 0.29) is 23.6 Å². The highest BCUT2D eigenvalue weighted by Crippen LogP contribution is 2.28. The SMILES string of the molecule is COCCN(C(=O)c1csnn1)C(C(=O)NC1CCCC1)c1cccs1. The Morgan fingerprint density at radius 2 is 2.23 bits per heavy atom. The molecule has 1 atom stereocenters. The van der Waals surface area contributed by atoms with Crippen LogP contribution in [0.3, 0.4) is 0 Å². The van der Waals surface area contributed by atoms with Gasteiger partial charge in [-0.3, -0.25) is 9.59 Å². The third kappa shape index (κ3) is 4.46. The van der Waals surface area contributed by atoms with E-state index < -0.39 is 6.04 Å². The number of hydrogen-bond donors (Lipinski definition) is 1. The summed E-state index contributed by atoms with van der Waals surface area (Å²) in [6.07, 6.45) is 4.24. The number of amides is 2. The lowest BCUT2D eigenvalue weighted by atomic mass is 10.1. The number of methoxy groups -OCH3 is 1. The molecule has 1 saturated carbocycles. The van der Waals surface area contributed by atoms with E-state index >= 15 is 0 Å². The topological polar surface area (TPSA) is 84.4 Å². The maximum atomic E-state index is 13.1. The first-order chi connectivity index (χ1) is 12.7. The van der Waals surface area contributed by atoms with Crippen LogP contribution in [0.25, 0.3) is 0 Å². The number of nitrogens with zero attached hydrogens (tertiary/aromatic N) is 3. The van der Waals surface area contributed by atoms with Gasteiger partial charge in [0.25, 0.3) is 5.91 Å². The number of rotatable bonds is 8. The van der Waals surface area contributed by atoms with Crippen LogP contribution in [0, 0.1) is 0 Å². The Labute approximate surface area is 160 Å². The summed E-state index contributed by atoms with van der Waals surface area (Å²) in [5, 5.41) is 10.5. The highest BCUT2D eigenvalue weighted by atomic mass is 32.1. The number of hydrogen-bond acceptors (Lipinski definition) is 7. The lowest BCUT2D eigenvalue weighted by Crippen LogP contribution is -2.47. The van der Waals surface area contributed by atoms with Gasteiger partial charge in [-0.1, -0.05) is 23.4 Å². The fourth-order valence-corrected chi connectivity index (χ4v) is 4.43. The molecule has 2 heterocycles. The molecule has 9 heteroatoms. The monoisotopic (exact) mass is 394 g/mol. The first-order valence-electron chi connectivity index (χ1n) is 8.61. The Hall–Kier alpha value is -1.84. The van der Waals surface area contributed by atoms with Gasteiger partial charge >= 0.3 is 0 Å². The van der Waals surface area contributed by atoms with Gasteiger partial charge in [0.05, 0.1) is 6.61 Å². The molecule has 26 heavy (non-hydrogen) atoms. The molecule has 2 aromatic rings. The molecule has 0 aromatic carbocycles. The lowest BCUT2D eigenvalue weighted by molar-refractivity contribution is -0.126. The van der Waals surface area contributed by atoms with Crippen LogP contribution < -0.4 is 5.32 Å². The van der Waals surface area contributed by atoms with Crippen molar-refractivity contribution in [3.63, 3.8) is 0 Å². The minimum Gasteiger partial charge on any atom is -0.383 e. The molecule has 1 aliphatic rings. The second-order valence-corrected chi connectivity index (χ2v) is 7.78. The van der Waals surface area contributed by atoms with Gasteiger partial charge in [0.15, 0.2) is 5.69 Å². The minimum absolute atomic E-state index is 0.146. The summed E-state index contributed by atoms with van der Waals surface area (Å²) < 4.78 is 8.94. The van der Waals surface area contributed by atoms with Crippen LogP contribution in [0.5, 0.6) is 0 Å². The summed E-state index contributed by atoms with van der Waals surface area (Å²) in [7, 11) is 1.58. The van der Waals surface area contributed by atoms with E-state index in [0.717, 1.165) is 42.1 Å². The first kappa shape index (κ1) is 18.9. The molecule has 140 valence electrons. The predicted octanol–water partition coefficient (Wildman–Crippen LogP) is 2.49. The molecule has 2 aromatic heterocycles. The van der Waals surface area contributed by atoms with Crippen molar-refractivity contribution in [2.24, 2.45) is 0 Å². The van der Waals surface area contributed by atoms with Gasteiger partial charge in [-0.05, 0) is 35.8 Å². The van der Waals surface area contributed by atoms with E-state index in [1.54, 1.807) is 12.5 Å². The Bertz CT molecular complexity index is 700. The Morgan fingerprint density at radius 3 is 2.85 bits per heavy atom. The minimum atomic E-state index is -0.694. The van der Waals surface area contributed by atoms with Crippen LogP contribution in [0.2, 0.25) is 0 Å². The van der Waals surface area contributed by atoms with Crippen molar-refractivity contribution >= 4 is 34.7 Å². The number of aromatic nitrogens is 2. The maximum Gasteiger partial charge on any atom is 0.276 e. The van der Waals surface area contributed by atoms with E-state index in [1.807, 2.05) is 17.5 Å². The summed E-state index contributed by atoms with van der Waals surface area (Å²) in [5.41, 5.74) is 0.251. The highest BCUT2D eigenvalue weighted by molar-refractivity contribution is 7.10. The van der Waals surface area contributed by atoms with Crippen LogP contribution >= 0.6 is 22.9 Å². The Balaban J connectivity index is 1.87. The molecule has 0 radical (unpaired) electrons. The second-order valence-electron chi connectivity index (χ2n) is 6.19. The standard InChI is InChI=1S/C17H22N4O3S2/c1-24-9-8-21(17(23)13-11-26-20-19-13)15(14-7-4-10-25-14)16(22)18-12-5-2-3-6-12/h4,7,10-12,15H,2-3,5-6,8-9H2,1H3,(H,18,22). The van der Waals surface area contributed by atoms with Gasteiger partial charge in [-0.25, -0.2) is 0 Å². The molecule has 0 saturated heterocycles. The van der Waals surface area contributed by atoms with E-state index in [9.17, 15) is 9.59 Å². The van der Waals surface area contributed by atoms with Crippen molar-refractivity contribution in [1.82, 2.24) is 19.8 Å². The molecule has 1 aliphatic carbocycles. The average Bonchev–Trinajstić information content (AvgIpc) is 3.41. The van der Waals surface area contributed by atoms with Gasteiger partial charge in [0, 0.05) is 30.0 Å². The fourth-order valence-electron chi connectivity index (χ4n) is 3.16. The number of nitrogens with one attached hydrogen (secondary N) is 1. The summed E-state index contributed by atoms with van der Waals surface area (Å²) in [5.74, 6) is -0.456. The first-order valence-corrected chi connectivity index (χ1v) is 10.3. The van der Waals surface area contributed by atoms with Crippen LogP contribution in [0.15, 0.2) is 22.9 Å². The maximum absolute atomic E-state index is 13.1. The molecule has 1 unspecified atom stereocenters. The van der Waals surface area contributed by atoms with Crippen molar-refractivity contribution < 1.29 is 14.3 Å². The quantitative estimate of drug-likeness (QED) is 0.744. The zero-order chi connectivity index (χ0) is 18.4. The van der Waals surface area contributed by atoms with E-state index in [1.165, 1.54) is 16.2 Å². The molecular formula is C17H22N4O3S2. The summed E-state index contributed by atoms with van der Waals surface area (Å²) in [6.45, 7) is 0.634. The molecule has 1 N–H and O–H groups in total. The van der Waals surface area contributed by atoms with Crippen LogP contribution in [-0.4, -0.2) is 52.6 Å². The normalized spacial score (nSPS) is 15.7. The van der Waals surface area contributed by atoms with E-state index in [0.29, 0.717) is 13.2 Å². The largest absolute Gasteiger partial charge is 0.383 e. The van der Waals surface area contributed by atoms with Crippen molar-refractivity contribution in [2.45, 2.75) is 37.8 Å². The smallest absolute Gasteiger partial charge is 0.276 e. The molecule has 3 rings (SSSR count). The molecule has 0 spiro atoms. The molecule has 1 fully saturated rings. The van der Waals surface area contributed by atoms with Gasteiger partial charge < -0.3 is 15.0 Å². The van der Waals surface area contributed by atoms with Crippen LogP contribution in [-0.2, 0) is 9.53 Å². The lowest BCUT2D eigenvalue weighted by Gasteiger charge is -2.30.